The van der Waals surface area contributed by atoms with E-state index in [2.05, 4.69) is 28.2 Å². The first kappa shape index (κ1) is 16.5. The minimum atomic E-state index is -0.127. The quantitative estimate of drug-likeness (QED) is 0.662. The molecule has 0 aliphatic rings. The fraction of sp³-hybridized carbons (Fsp3) is 0.158. The Kier molecular flexibility index (Phi) is 4.81. The van der Waals surface area contributed by atoms with Crippen LogP contribution in [0, 0.1) is 0 Å². The molecular formula is C19H17BrN2O2. The van der Waals surface area contributed by atoms with Crippen molar-refractivity contribution in [3.8, 4) is 0 Å². The summed E-state index contributed by atoms with van der Waals surface area (Å²) >= 11 is 3.37. The highest BCUT2D eigenvalue weighted by Crippen LogP contribution is 2.24. The maximum atomic E-state index is 12.4. The number of nitrogens with zero attached hydrogens (tertiary/aromatic N) is 1. The summed E-state index contributed by atoms with van der Waals surface area (Å²) in [4.78, 5) is 23.7. The fourth-order valence-corrected chi connectivity index (χ4v) is 3.12. The first-order valence-corrected chi connectivity index (χ1v) is 8.53. The summed E-state index contributed by atoms with van der Waals surface area (Å²) in [5.74, 6) is -0.127. The Morgan fingerprint density at radius 3 is 2.62 bits per heavy atom. The van der Waals surface area contributed by atoms with Crippen LogP contribution in [-0.2, 0) is 17.8 Å². The van der Waals surface area contributed by atoms with Crippen LogP contribution in [0.3, 0.4) is 0 Å². The topological polar surface area (TPSA) is 51.1 Å². The number of carbonyl (C=O) groups excluding carboxylic acids is 2. The van der Waals surface area contributed by atoms with E-state index in [1.54, 1.807) is 6.20 Å². The second kappa shape index (κ2) is 7.01. The summed E-state index contributed by atoms with van der Waals surface area (Å²) in [5.41, 5.74) is 3.42. The van der Waals surface area contributed by atoms with Crippen LogP contribution in [0.1, 0.15) is 22.8 Å². The second-order valence-corrected chi connectivity index (χ2v) is 6.47. The zero-order valence-electron chi connectivity index (χ0n) is 13.3. The molecule has 3 rings (SSSR count). The average molecular weight is 385 g/mol. The molecule has 0 spiro atoms. The van der Waals surface area contributed by atoms with Crippen molar-refractivity contribution in [2.75, 3.05) is 5.32 Å². The highest BCUT2D eigenvalue weighted by atomic mass is 79.9. The Balaban J connectivity index is 1.90. The number of anilines is 1. The molecule has 0 aliphatic heterocycles. The third-order valence-corrected chi connectivity index (χ3v) is 4.49. The van der Waals surface area contributed by atoms with Gasteiger partial charge in [-0.25, -0.2) is 0 Å². The normalized spacial score (nSPS) is 10.8. The molecule has 1 N–H and O–H groups in total. The first-order chi connectivity index (χ1) is 11.6. The number of aryl methyl sites for hydroxylation is 1. The van der Waals surface area contributed by atoms with Crippen molar-refractivity contribution in [3.63, 3.8) is 0 Å². The van der Waals surface area contributed by atoms with Gasteiger partial charge >= 0.3 is 0 Å². The zero-order chi connectivity index (χ0) is 17.1. The van der Waals surface area contributed by atoms with E-state index in [-0.39, 0.29) is 12.5 Å². The van der Waals surface area contributed by atoms with Gasteiger partial charge in [-0.3, -0.25) is 9.59 Å². The predicted molar refractivity (Wildman–Crippen MR) is 99.5 cm³/mol. The van der Waals surface area contributed by atoms with Gasteiger partial charge in [0.2, 0.25) is 5.91 Å². The van der Waals surface area contributed by atoms with Gasteiger partial charge in [0.05, 0.1) is 5.52 Å². The number of nitrogens with one attached hydrogen (secondary N) is 1. The van der Waals surface area contributed by atoms with Crippen molar-refractivity contribution < 1.29 is 9.59 Å². The van der Waals surface area contributed by atoms with E-state index >= 15 is 0 Å². The number of rotatable bonds is 5. The van der Waals surface area contributed by atoms with E-state index in [9.17, 15) is 9.59 Å². The standard InChI is InChI=1S/C19H17BrN2O2/c1-2-13-4-3-5-17-14(12-23)10-22(19(13)17)11-18(24)21-16-8-6-15(20)7-9-16/h3-10,12H,2,11H2,1H3,(H,21,24). The molecule has 24 heavy (non-hydrogen) atoms. The van der Waals surface area contributed by atoms with Gasteiger partial charge in [-0.1, -0.05) is 41.1 Å². The van der Waals surface area contributed by atoms with Crippen LogP contribution in [0.5, 0.6) is 0 Å². The third-order valence-electron chi connectivity index (χ3n) is 3.96. The molecular weight excluding hydrogens is 368 g/mol. The summed E-state index contributed by atoms with van der Waals surface area (Å²) in [5, 5.41) is 3.77. The number of aromatic nitrogens is 1. The number of hydrogen-bond acceptors (Lipinski definition) is 2. The van der Waals surface area contributed by atoms with Crippen LogP contribution in [0.2, 0.25) is 0 Å². The van der Waals surface area contributed by atoms with Crippen molar-refractivity contribution in [1.29, 1.82) is 0 Å². The number of benzene rings is 2. The molecule has 4 nitrogen and oxygen atoms in total. The highest BCUT2D eigenvalue weighted by molar-refractivity contribution is 9.10. The number of para-hydroxylation sites is 1. The molecule has 2 aromatic carbocycles. The van der Waals surface area contributed by atoms with Crippen molar-refractivity contribution in [3.05, 3.63) is 64.3 Å². The van der Waals surface area contributed by atoms with Crippen LogP contribution >= 0.6 is 15.9 Å². The van der Waals surface area contributed by atoms with Gasteiger partial charge in [-0.2, -0.15) is 0 Å². The maximum Gasteiger partial charge on any atom is 0.244 e. The van der Waals surface area contributed by atoms with Crippen LogP contribution < -0.4 is 5.32 Å². The molecule has 0 unspecified atom stereocenters. The lowest BCUT2D eigenvalue weighted by atomic mass is 10.1. The van der Waals surface area contributed by atoms with Gasteiger partial charge < -0.3 is 9.88 Å². The third kappa shape index (κ3) is 3.26. The molecule has 5 heteroatoms. The minimum absolute atomic E-state index is 0.127. The number of hydrogen-bond donors (Lipinski definition) is 1. The molecule has 0 bridgehead atoms. The summed E-state index contributed by atoms with van der Waals surface area (Å²) in [6.07, 6.45) is 3.43. The Labute approximate surface area is 148 Å². The van der Waals surface area contributed by atoms with E-state index in [4.69, 9.17) is 0 Å². The van der Waals surface area contributed by atoms with Crippen LogP contribution in [-0.4, -0.2) is 16.8 Å². The molecule has 1 heterocycles. The Morgan fingerprint density at radius 2 is 1.96 bits per heavy atom. The van der Waals surface area contributed by atoms with Gasteiger partial charge in [-0.05, 0) is 36.2 Å². The van der Waals surface area contributed by atoms with Crippen molar-refractivity contribution in [2.45, 2.75) is 19.9 Å². The molecule has 0 radical (unpaired) electrons. The minimum Gasteiger partial charge on any atom is -0.337 e. The van der Waals surface area contributed by atoms with Crippen LogP contribution in [0.15, 0.2) is 53.1 Å². The Bertz CT molecular complexity index is 898. The second-order valence-electron chi connectivity index (χ2n) is 5.55. The van der Waals surface area contributed by atoms with Crippen molar-refractivity contribution in [2.24, 2.45) is 0 Å². The van der Waals surface area contributed by atoms with E-state index in [0.717, 1.165) is 39.3 Å². The number of halogens is 1. The van der Waals surface area contributed by atoms with Gasteiger partial charge in [0.25, 0.3) is 0 Å². The van der Waals surface area contributed by atoms with Gasteiger partial charge in [0.15, 0.2) is 6.29 Å². The van der Waals surface area contributed by atoms with E-state index < -0.39 is 0 Å². The van der Waals surface area contributed by atoms with Crippen LogP contribution in [0.4, 0.5) is 5.69 Å². The van der Waals surface area contributed by atoms with E-state index in [1.165, 1.54) is 0 Å². The number of amides is 1. The van der Waals surface area contributed by atoms with E-state index in [1.807, 2.05) is 47.0 Å². The molecule has 122 valence electrons. The van der Waals surface area contributed by atoms with Crippen LogP contribution in [0.25, 0.3) is 10.9 Å². The van der Waals surface area contributed by atoms with Crippen molar-refractivity contribution >= 4 is 44.7 Å². The maximum absolute atomic E-state index is 12.4. The number of aldehydes is 1. The summed E-state index contributed by atoms with van der Waals surface area (Å²) in [6, 6.07) is 13.3. The molecule has 1 aromatic heterocycles. The van der Waals surface area contributed by atoms with E-state index in [0.29, 0.717) is 5.56 Å². The summed E-state index contributed by atoms with van der Waals surface area (Å²) in [7, 11) is 0. The summed E-state index contributed by atoms with van der Waals surface area (Å²) in [6.45, 7) is 2.23. The van der Waals surface area contributed by atoms with Gasteiger partial charge in [0, 0.05) is 27.3 Å². The number of fused-ring (bicyclic) bond motifs is 1. The largest absolute Gasteiger partial charge is 0.337 e. The number of carbonyl (C=O) groups is 2. The van der Waals surface area contributed by atoms with Gasteiger partial charge in [-0.15, -0.1) is 0 Å². The average Bonchev–Trinajstić information content (AvgIpc) is 2.94. The smallest absolute Gasteiger partial charge is 0.244 e. The lowest BCUT2D eigenvalue weighted by Gasteiger charge is -2.09. The fourth-order valence-electron chi connectivity index (χ4n) is 2.86. The Hall–Kier alpha value is -2.40. The monoisotopic (exact) mass is 384 g/mol. The molecule has 0 fully saturated rings. The lowest BCUT2D eigenvalue weighted by molar-refractivity contribution is -0.116. The lowest BCUT2D eigenvalue weighted by Crippen LogP contribution is -2.18. The summed E-state index contributed by atoms with van der Waals surface area (Å²) < 4.78 is 2.81. The molecule has 0 atom stereocenters. The van der Waals surface area contributed by atoms with Gasteiger partial charge in [0.1, 0.15) is 6.54 Å². The molecule has 3 aromatic rings. The Morgan fingerprint density at radius 1 is 1.21 bits per heavy atom. The SMILES string of the molecule is CCc1cccc2c(C=O)cn(CC(=O)Nc3ccc(Br)cc3)c12. The highest BCUT2D eigenvalue weighted by Gasteiger charge is 2.13. The van der Waals surface area contributed by atoms with Crippen molar-refractivity contribution in [1.82, 2.24) is 4.57 Å². The molecule has 0 aliphatic carbocycles. The first-order valence-electron chi connectivity index (χ1n) is 7.73. The molecule has 0 saturated heterocycles. The molecule has 0 saturated carbocycles. The zero-order valence-corrected chi connectivity index (χ0v) is 14.8. The molecule has 1 amide bonds. The predicted octanol–water partition coefficient (Wildman–Crippen LogP) is 4.42.